The Kier molecular flexibility index (Phi) is 3.83. The molecule has 0 unspecified atom stereocenters. The molecule has 1 nitrogen and oxygen atoms in total. The fourth-order valence-electron chi connectivity index (χ4n) is 1.33. The normalized spacial score (nSPS) is 10.3. The molecule has 0 saturated heterocycles. The number of hydrogen-bond acceptors (Lipinski definition) is 1. The molecule has 0 saturated carbocycles. The lowest BCUT2D eigenvalue weighted by Gasteiger charge is -2.11. The average molecular weight is 212 g/mol. The zero-order valence-electron chi connectivity index (χ0n) is 9.05. The molecule has 0 N–H and O–H groups in total. The van der Waals surface area contributed by atoms with Crippen molar-refractivity contribution in [2.45, 2.75) is 26.7 Å². The largest absolute Gasteiger partial charge is 0.459 e. The Hall–Kier alpha value is -1.38. The first kappa shape index (κ1) is 11.7. The lowest BCUT2D eigenvalue weighted by molar-refractivity contribution is 0.362. The zero-order chi connectivity index (χ0) is 11.4. The summed E-state index contributed by atoms with van der Waals surface area (Å²) in [4.78, 5) is 0. The first-order valence-electron chi connectivity index (χ1n) is 4.79. The van der Waals surface area contributed by atoms with E-state index in [4.69, 9.17) is 4.74 Å². The molecular weight excluding hydrogens is 198 g/mol. The Labute approximate surface area is 88.4 Å². The van der Waals surface area contributed by atoms with E-state index in [1.54, 1.807) is 6.07 Å². The van der Waals surface area contributed by atoms with Crippen LogP contribution in [0.1, 0.15) is 30.9 Å². The van der Waals surface area contributed by atoms with Gasteiger partial charge in [0.25, 0.3) is 0 Å². The van der Waals surface area contributed by atoms with E-state index < -0.39 is 6.08 Å². The second kappa shape index (κ2) is 4.91. The molecule has 0 heterocycles. The summed E-state index contributed by atoms with van der Waals surface area (Å²) in [6.07, 6.45) is -1.35. The van der Waals surface area contributed by atoms with Gasteiger partial charge >= 0.3 is 6.08 Å². The van der Waals surface area contributed by atoms with Crippen LogP contribution in [0.3, 0.4) is 0 Å². The lowest BCUT2D eigenvalue weighted by atomic mass is 10.0. The Balaban J connectivity index is 3.02. The molecule has 15 heavy (non-hydrogen) atoms. The zero-order valence-corrected chi connectivity index (χ0v) is 9.05. The SMILES string of the molecule is Cc1ccc(C(C)C)c(OC=C(F)F)c1. The molecule has 0 amide bonds. The summed E-state index contributed by atoms with van der Waals surface area (Å²) in [6, 6.07) is 5.60. The van der Waals surface area contributed by atoms with Crippen molar-refractivity contribution in [3.63, 3.8) is 0 Å². The van der Waals surface area contributed by atoms with Crippen LogP contribution in [0.15, 0.2) is 30.5 Å². The molecule has 1 aromatic carbocycles. The van der Waals surface area contributed by atoms with Crippen molar-refractivity contribution in [3.05, 3.63) is 41.7 Å². The summed E-state index contributed by atoms with van der Waals surface area (Å²) in [7, 11) is 0. The van der Waals surface area contributed by atoms with Crippen LogP contribution in [0.5, 0.6) is 5.75 Å². The molecule has 1 aromatic rings. The van der Waals surface area contributed by atoms with Gasteiger partial charge in [0.15, 0.2) is 6.26 Å². The van der Waals surface area contributed by atoms with E-state index in [0.29, 0.717) is 12.0 Å². The van der Waals surface area contributed by atoms with E-state index >= 15 is 0 Å². The molecule has 0 aliphatic rings. The van der Waals surface area contributed by atoms with Crippen LogP contribution >= 0.6 is 0 Å². The monoisotopic (exact) mass is 212 g/mol. The van der Waals surface area contributed by atoms with Gasteiger partial charge in [-0.15, -0.1) is 0 Å². The molecule has 82 valence electrons. The summed E-state index contributed by atoms with van der Waals surface area (Å²) in [5, 5.41) is 0. The third-order valence-electron chi connectivity index (χ3n) is 2.07. The number of halogens is 2. The topological polar surface area (TPSA) is 9.23 Å². The van der Waals surface area contributed by atoms with Gasteiger partial charge in [-0.3, -0.25) is 0 Å². The highest BCUT2D eigenvalue weighted by Gasteiger charge is 2.07. The fraction of sp³-hybridized carbons (Fsp3) is 0.333. The van der Waals surface area contributed by atoms with E-state index in [1.165, 1.54) is 0 Å². The quantitative estimate of drug-likeness (QED) is 0.681. The predicted octanol–water partition coefficient (Wildman–Crippen LogP) is 4.24. The van der Waals surface area contributed by atoms with Gasteiger partial charge in [0.05, 0.1) is 0 Å². The fourth-order valence-corrected chi connectivity index (χ4v) is 1.33. The van der Waals surface area contributed by atoms with Crippen molar-refractivity contribution in [1.29, 1.82) is 0 Å². The summed E-state index contributed by atoms with van der Waals surface area (Å²) in [6.45, 7) is 5.88. The van der Waals surface area contributed by atoms with Crippen molar-refractivity contribution >= 4 is 0 Å². The van der Waals surface area contributed by atoms with Crippen LogP contribution in [-0.2, 0) is 0 Å². The van der Waals surface area contributed by atoms with Gasteiger partial charge < -0.3 is 4.74 Å². The number of aryl methyl sites for hydroxylation is 1. The second-order valence-electron chi connectivity index (χ2n) is 3.72. The smallest absolute Gasteiger partial charge is 0.305 e. The standard InChI is InChI=1S/C12H14F2O/c1-8(2)10-5-4-9(3)6-11(10)15-7-12(13)14/h4-8H,1-3H3. The van der Waals surface area contributed by atoms with Gasteiger partial charge in [-0.25, -0.2) is 0 Å². The molecule has 3 heteroatoms. The highest BCUT2D eigenvalue weighted by molar-refractivity contribution is 5.39. The minimum atomic E-state index is -1.83. The first-order valence-corrected chi connectivity index (χ1v) is 4.79. The summed E-state index contributed by atoms with van der Waals surface area (Å²) >= 11 is 0. The van der Waals surface area contributed by atoms with Crippen LogP contribution in [0.2, 0.25) is 0 Å². The van der Waals surface area contributed by atoms with Gasteiger partial charge in [0.2, 0.25) is 0 Å². The van der Waals surface area contributed by atoms with Crippen molar-refractivity contribution < 1.29 is 13.5 Å². The Morgan fingerprint density at radius 2 is 2.00 bits per heavy atom. The Bertz CT molecular complexity index is 366. The van der Waals surface area contributed by atoms with Crippen LogP contribution < -0.4 is 4.74 Å². The highest BCUT2D eigenvalue weighted by atomic mass is 19.3. The summed E-state index contributed by atoms with van der Waals surface area (Å²) in [5.41, 5.74) is 1.92. The van der Waals surface area contributed by atoms with E-state index in [1.807, 2.05) is 32.9 Å². The molecular formula is C12H14F2O. The van der Waals surface area contributed by atoms with Crippen molar-refractivity contribution in [2.75, 3.05) is 0 Å². The third-order valence-corrected chi connectivity index (χ3v) is 2.07. The van der Waals surface area contributed by atoms with Crippen molar-refractivity contribution in [3.8, 4) is 5.75 Å². The van der Waals surface area contributed by atoms with Crippen LogP contribution in [-0.4, -0.2) is 0 Å². The van der Waals surface area contributed by atoms with E-state index in [0.717, 1.165) is 11.1 Å². The molecule has 1 rings (SSSR count). The number of benzene rings is 1. The van der Waals surface area contributed by atoms with E-state index in [-0.39, 0.29) is 5.92 Å². The maximum Gasteiger partial charge on any atom is 0.305 e. The van der Waals surface area contributed by atoms with Crippen LogP contribution in [0, 0.1) is 6.92 Å². The molecule has 0 aromatic heterocycles. The number of rotatable bonds is 3. The molecule has 0 aliphatic carbocycles. The van der Waals surface area contributed by atoms with Crippen molar-refractivity contribution in [2.24, 2.45) is 0 Å². The molecule has 0 fully saturated rings. The maximum atomic E-state index is 11.9. The summed E-state index contributed by atoms with van der Waals surface area (Å²) in [5.74, 6) is 0.745. The van der Waals surface area contributed by atoms with Crippen molar-refractivity contribution in [1.82, 2.24) is 0 Å². The minimum Gasteiger partial charge on any atom is -0.459 e. The number of hydrogen-bond donors (Lipinski definition) is 0. The van der Waals surface area contributed by atoms with Gasteiger partial charge in [-0.2, -0.15) is 8.78 Å². The van der Waals surface area contributed by atoms with E-state index in [9.17, 15) is 8.78 Å². The second-order valence-corrected chi connectivity index (χ2v) is 3.72. The maximum absolute atomic E-state index is 11.9. The molecule has 0 aliphatic heterocycles. The third kappa shape index (κ3) is 3.35. The highest BCUT2D eigenvalue weighted by Crippen LogP contribution is 2.27. The Morgan fingerprint density at radius 1 is 1.33 bits per heavy atom. The average Bonchev–Trinajstić information content (AvgIpc) is 2.14. The summed E-state index contributed by atoms with van der Waals surface area (Å²) < 4.78 is 28.7. The minimum absolute atomic E-state index is 0.247. The molecule has 0 radical (unpaired) electrons. The van der Waals surface area contributed by atoms with Crippen LogP contribution in [0.25, 0.3) is 0 Å². The lowest BCUT2D eigenvalue weighted by Crippen LogP contribution is -1.94. The van der Waals surface area contributed by atoms with E-state index in [2.05, 4.69) is 0 Å². The number of ether oxygens (including phenoxy) is 1. The molecule has 0 atom stereocenters. The van der Waals surface area contributed by atoms with Gasteiger partial charge in [-0.1, -0.05) is 26.0 Å². The predicted molar refractivity (Wildman–Crippen MR) is 56.2 cm³/mol. The Morgan fingerprint density at radius 3 is 2.53 bits per heavy atom. The first-order chi connectivity index (χ1) is 7.00. The van der Waals surface area contributed by atoms with Gasteiger partial charge in [0.1, 0.15) is 5.75 Å². The molecule has 0 spiro atoms. The van der Waals surface area contributed by atoms with Gasteiger partial charge in [-0.05, 0) is 30.0 Å². The van der Waals surface area contributed by atoms with Gasteiger partial charge in [0, 0.05) is 0 Å². The molecule has 0 bridgehead atoms. The van der Waals surface area contributed by atoms with Crippen LogP contribution in [0.4, 0.5) is 8.78 Å².